The van der Waals surface area contributed by atoms with E-state index in [2.05, 4.69) is 34.5 Å². The number of rotatable bonds is 6. The highest BCUT2D eigenvalue weighted by molar-refractivity contribution is 5.94. The van der Waals surface area contributed by atoms with Crippen molar-refractivity contribution < 1.29 is 9.53 Å². The van der Waals surface area contributed by atoms with Gasteiger partial charge in [-0.3, -0.25) is 9.69 Å². The van der Waals surface area contributed by atoms with Gasteiger partial charge in [-0.1, -0.05) is 36.8 Å². The van der Waals surface area contributed by atoms with Gasteiger partial charge in [0.1, 0.15) is 5.75 Å². The normalized spacial score (nSPS) is 16.2. The topological polar surface area (TPSA) is 41.6 Å². The van der Waals surface area contributed by atoms with Gasteiger partial charge >= 0.3 is 0 Å². The van der Waals surface area contributed by atoms with Crippen molar-refractivity contribution in [1.82, 2.24) is 10.2 Å². The molecule has 0 aromatic heterocycles. The van der Waals surface area contributed by atoms with E-state index in [0.29, 0.717) is 12.1 Å². The number of hydrogen-bond acceptors (Lipinski definition) is 3. The summed E-state index contributed by atoms with van der Waals surface area (Å²) in [4.78, 5) is 15.0. The first kappa shape index (κ1) is 17.5. The lowest BCUT2D eigenvalue weighted by Gasteiger charge is -2.35. The van der Waals surface area contributed by atoms with Crippen molar-refractivity contribution in [2.24, 2.45) is 0 Å². The van der Waals surface area contributed by atoms with Gasteiger partial charge in [-0.15, -0.1) is 0 Å². The van der Waals surface area contributed by atoms with Crippen molar-refractivity contribution in [3.63, 3.8) is 0 Å². The van der Waals surface area contributed by atoms with E-state index in [-0.39, 0.29) is 11.9 Å². The minimum absolute atomic E-state index is 0.0411. The Balaban J connectivity index is 1.68. The van der Waals surface area contributed by atoms with E-state index in [0.717, 1.165) is 18.8 Å². The number of methoxy groups -OCH3 is 1. The van der Waals surface area contributed by atoms with Gasteiger partial charge in [0.25, 0.3) is 5.91 Å². The molecule has 1 aliphatic rings. The molecule has 0 spiro atoms. The van der Waals surface area contributed by atoms with Crippen LogP contribution in [0.1, 0.15) is 41.2 Å². The molecule has 1 fully saturated rings. The van der Waals surface area contributed by atoms with Gasteiger partial charge in [-0.05, 0) is 55.8 Å². The van der Waals surface area contributed by atoms with Crippen LogP contribution in [0.2, 0.25) is 0 Å². The van der Waals surface area contributed by atoms with E-state index in [4.69, 9.17) is 4.74 Å². The minimum atomic E-state index is -0.0411. The zero-order valence-electron chi connectivity index (χ0n) is 14.8. The maximum atomic E-state index is 12.5. The Morgan fingerprint density at radius 3 is 2.36 bits per heavy atom. The maximum Gasteiger partial charge on any atom is 0.251 e. The number of piperidine rings is 1. The molecule has 0 saturated carbocycles. The summed E-state index contributed by atoms with van der Waals surface area (Å²) >= 11 is 0. The van der Waals surface area contributed by atoms with E-state index in [9.17, 15) is 4.79 Å². The standard InChI is InChI=1S/C21H26N2O2/c1-25-19-12-10-18(11-13-19)21(24)22-16-20(17-8-4-2-5-9-17)23-14-6-3-7-15-23/h2,4-5,8-13,20H,3,6-7,14-16H2,1H3,(H,22,24)/t20-/m0/s1. The smallest absolute Gasteiger partial charge is 0.251 e. The largest absolute Gasteiger partial charge is 0.497 e. The van der Waals surface area contributed by atoms with E-state index in [1.54, 1.807) is 19.2 Å². The van der Waals surface area contributed by atoms with Crippen molar-refractivity contribution in [2.75, 3.05) is 26.7 Å². The Hall–Kier alpha value is -2.33. The predicted octanol–water partition coefficient (Wildman–Crippen LogP) is 3.65. The zero-order valence-corrected chi connectivity index (χ0v) is 14.8. The SMILES string of the molecule is COc1ccc(C(=O)NC[C@@H](c2ccccc2)N2CCCCC2)cc1. The second-order valence-corrected chi connectivity index (χ2v) is 6.46. The molecule has 1 heterocycles. The Labute approximate surface area is 149 Å². The summed E-state index contributed by atoms with van der Waals surface area (Å²) in [5.41, 5.74) is 1.92. The van der Waals surface area contributed by atoms with Crippen LogP contribution >= 0.6 is 0 Å². The molecule has 1 atom stereocenters. The zero-order chi connectivity index (χ0) is 17.5. The highest BCUT2D eigenvalue weighted by atomic mass is 16.5. The molecule has 25 heavy (non-hydrogen) atoms. The number of hydrogen-bond donors (Lipinski definition) is 1. The van der Waals surface area contributed by atoms with Crippen molar-refractivity contribution >= 4 is 5.91 Å². The van der Waals surface area contributed by atoms with Crippen LogP contribution in [0.4, 0.5) is 0 Å². The molecular weight excluding hydrogens is 312 g/mol. The Morgan fingerprint density at radius 1 is 1.04 bits per heavy atom. The fraction of sp³-hybridized carbons (Fsp3) is 0.381. The maximum absolute atomic E-state index is 12.5. The number of amides is 1. The molecule has 4 heteroatoms. The van der Waals surface area contributed by atoms with Crippen molar-refractivity contribution in [3.8, 4) is 5.75 Å². The lowest BCUT2D eigenvalue weighted by Crippen LogP contribution is -2.40. The van der Waals surface area contributed by atoms with Crippen LogP contribution in [-0.4, -0.2) is 37.6 Å². The molecule has 3 rings (SSSR count). The van der Waals surface area contributed by atoms with Crippen LogP contribution < -0.4 is 10.1 Å². The molecule has 0 radical (unpaired) electrons. The van der Waals surface area contributed by atoms with Crippen LogP contribution in [0.5, 0.6) is 5.75 Å². The quantitative estimate of drug-likeness (QED) is 0.874. The molecular formula is C21H26N2O2. The molecule has 4 nitrogen and oxygen atoms in total. The first-order valence-corrected chi connectivity index (χ1v) is 8.99. The Morgan fingerprint density at radius 2 is 1.72 bits per heavy atom. The lowest BCUT2D eigenvalue weighted by atomic mass is 10.0. The summed E-state index contributed by atoms with van der Waals surface area (Å²) in [6.07, 6.45) is 3.77. The second-order valence-electron chi connectivity index (χ2n) is 6.46. The van der Waals surface area contributed by atoms with Crippen LogP contribution in [0.25, 0.3) is 0 Å². The average molecular weight is 338 g/mol. The van der Waals surface area contributed by atoms with Crippen LogP contribution in [-0.2, 0) is 0 Å². The number of carbonyl (C=O) groups is 1. The van der Waals surface area contributed by atoms with E-state index >= 15 is 0 Å². The summed E-state index contributed by atoms with van der Waals surface area (Å²) in [7, 11) is 1.62. The Kier molecular flexibility index (Phi) is 6.07. The molecule has 132 valence electrons. The van der Waals surface area contributed by atoms with E-state index in [1.165, 1.54) is 24.8 Å². The molecule has 1 amide bonds. The van der Waals surface area contributed by atoms with E-state index < -0.39 is 0 Å². The van der Waals surface area contributed by atoms with Crippen molar-refractivity contribution in [1.29, 1.82) is 0 Å². The fourth-order valence-corrected chi connectivity index (χ4v) is 3.40. The number of nitrogens with one attached hydrogen (secondary N) is 1. The van der Waals surface area contributed by atoms with Crippen molar-refractivity contribution in [3.05, 3.63) is 65.7 Å². The van der Waals surface area contributed by atoms with Crippen molar-refractivity contribution in [2.45, 2.75) is 25.3 Å². The Bertz CT molecular complexity index is 664. The minimum Gasteiger partial charge on any atom is -0.497 e. The number of ether oxygens (including phenoxy) is 1. The third kappa shape index (κ3) is 4.60. The van der Waals surface area contributed by atoms with Crippen LogP contribution in [0.3, 0.4) is 0 Å². The van der Waals surface area contributed by atoms with Crippen LogP contribution in [0, 0.1) is 0 Å². The lowest BCUT2D eigenvalue weighted by molar-refractivity contribution is 0.0924. The van der Waals surface area contributed by atoms with E-state index in [1.807, 2.05) is 18.2 Å². The summed E-state index contributed by atoms with van der Waals surface area (Å²) in [6, 6.07) is 17.9. The summed E-state index contributed by atoms with van der Waals surface area (Å²) in [6.45, 7) is 2.81. The van der Waals surface area contributed by atoms with Crippen LogP contribution in [0.15, 0.2) is 54.6 Å². The number of likely N-dealkylation sites (tertiary alicyclic amines) is 1. The predicted molar refractivity (Wildman–Crippen MR) is 99.9 cm³/mol. The number of benzene rings is 2. The third-order valence-corrected chi connectivity index (χ3v) is 4.82. The van der Waals surface area contributed by atoms with Gasteiger partial charge in [0.15, 0.2) is 0 Å². The monoisotopic (exact) mass is 338 g/mol. The molecule has 2 aromatic carbocycles. The summed E-state index contributed by atoms with van der Waals surface area (Å²) < 4.78 is 5.15. The highest BCUT2D eigenvalue weighted by Crippen LogP contribution is 2.24. The molecule has 0 bridgehead atoms. The molecule has 1 saturated heterocycles. The first-order valence-electron chi connectivity index (χ1n) is 8.99. The fourth-order valence-electron chi connectivity index (χ4n) is 3.40. The van der Waals surface area contributed by atoms with Gasteiger partial charge in [0.05, 0.1) is 13.2 Å². The summed E-state index contributed by atoms with van der Waals surface area (Å²) in [5.74, 6) is 0.715. The molecule has 0 aliphatic carbocycles. The highest BCUT2D eigenvalue weighted by Gasteiger charge is 2.22. The molecule has 1 aliphatic heterocycles. The van der Waals surface area contributed by atoms with Gasteiger partial charge in [-0.25, -0.2) is 0 Å². The summed E-state index contributed by atoms with van der Waals surface area (Å²) in [5, 5.41) is 3.11. The number of nitrogens with zero attached hydrogens (tertiary/aromatic N) is 1. The first-order chi connectivity index (χ1) is 12.3. The number of carbonyl (C=O) groups excluding carboxylic acids is 1. The molecule has 0 unspecified atom stereocenters. The van der Waals surface area contributed by atoms with Gasteiger partial charge in [0.2, 0.25) is 0 Å². The third-order valence-electron chi connectivity index (χ3n) is 4.82. The second kappa shape index (κ2) is 8.67. The van der Waals surface area contributed by atoms with Gasteiger partial charge < -0.3 is 10.1 Å². The average Bonchev–Trinajstić information content (AvgIpc) is 2.70. The molecule has 2 aromatic rings. The molecule has 1 N–H and O–H groups in total. The van der Waals surface area contributed by atoms with Gasteiger partial charge in [0, 0.05) is 12.1 Å². The van der Waals surface area contributed by atoms with Gasteiger partial charge in [-0.2, -0.15) is 0 Å².